The highest BCUT2D eigenvalue weighted by Crippen LogP contribution is 2.22. The number of rotatable bonds is 2. The van der Waals surface area contributed by atoms with E-state index in [1.165, 1.54) is 6.07 Å². The van der Waals surface area contributed by atoms with Gasteiger partial charge in [0.1, 0.15) is 17.3 Å². The van der Waals surface area contributed by atoms with Gasteiger partial charge in [-0.3, -0.25) is 4.79 Å². The van der Waals surface area contributed by atoms with Gasteiger partial charge in [-0.25, -0.2) is 17.6 Å². The zero-order valence-electron chi connectivity index (χ0n) is 9.88. The number of benzene rings is 2. The van der Waals surface area contributed by atoms with Crippen LogP contribution in [0.15, 0.2) is 30.3 Å². The molecule has 0 aromatic heterocycles. The van der Waals surface area contributed by atoms with Gasteiger partial charge in [-0.05, 0) is 18.2 Å². The van der Waals surface area contributed by atoms with E-state index in [0.717, 1.165) is 12.1 Å². The summed E-state index contributed by atoms with van der Waals surface area (Å²) in [5.74, 6) is -5.74. The van der Waals surface area contributed by atoms with Crippen LogP contribution in [0.5, 0.6) is 0 Å². The number of nitrogens with two attached hydrogens (primary N) is 1. The molecule has 0 saturated heterocycles. The SMILES string of the molecule is Nc1ccc(F)c(C(=O)Nc2c(F)cc(F)cc2F)c1. The first kappa shape index (κ1) is 13.9. The smallest absolute Gasteiger partial charge is 0.258 e. The molecule has 1 amide bonds. The molecule has 20 heavy (non-hydrogen) atoms. The average molecular weight is 284 g/mol. The van der Waals surface area contributed by atoms with E-state index in [9.17, 15) is 22.4 Å². The molecule has 7 heteroatoms. The van der Waals surface area contributed by atoms with E-state index in [1.807, 2.05) is 5.32 Å². The number of carbonyl (C=O) groups excluding carboxylic acids is 1. The van der Waals surface area contributed by atoms with Gasteiger partial charge in [0.15, 0.2) is 11.6 Å². The van der Waals surface area contributed by atoms with Gasteiger partial charge >= 0.3 is 0 Å². The first-order chi connectivity index (χ1) is 9.38. The van der Waals surface area contributed by atoms with Crippen molar-refractivity contribution in [1.82, 2.24) is 0 Å². The van der Waals surface area contributed by atoms with Crippen LogP contribution in [0.2, 0.25) is 0 Å². The summed E-state index contributed by atoms with van der Waals surface area (Å²) in [6.07, 6.45) is 0. The van der Waals surface area contributed by atoms with Crippen LogP contribution >= 0.6 is 0 Å². The van der Waals surface area contributed by atoms with Gasteiger partial charge in [0.05, 0.1) is 5.56 Å². The predicted molar refractivity (Wildman–Crippen MR) is 65.1 cm³/mol. The van der Waals surface area contributed by atoms with Crippen molar-refractivity contribution in [2.24, 2.45) is 0 Å². The van der Waals surface area contributed by atoms with E-state index < -0.39 is 40.4 Å². The van der Waals surface area contributed by atoms with Gasteiger partial charge in [-0.1, -0.05) is 0 Å². The second-order valence-corrected chi connectivity index (χ2v) is 3.94. The van der Waals surface area contributed by atoms with Crippen molar-refractivity contribution in [2.75, 3.05) is 11.1 Å². The summed E-state index contributed by atoms with van der Waals surface area (Å²) in [6.45, 7) is 0. The Labute approximate surface area is 111 Å². The quantitative estimate of drug-likeness (QED) is 0.657. The lowest BCUT2D eigenvalue weighted by Crippen LogP contribution is -2.16. The normalized spacial score (nSPS) is 10.4. The number of anilines is 2. The fourth-order valence-electron chi connectivity index (χ4n) is 1.56. The molecule has 0 spiro atoms. The zero-order chi connectivity index (χ0) is 14.9. The van der Waals surface area contributed by atoms with Gasteiger partial charge < -0.3 is 11.1 Å². The number of carbonyl (C=O) groups is 1. The largest absolute Gasteiger partial charge is 0.399 e. The van der Waals surface area contributed by atoms with E-state index in [2.05, 4.69) is 0 Å². The first-order valence-corrected chi connectivity index (χ1v) is 5.39. The summed E-state index contributed by atoms with van der Waals surface area (Å²) >= 11 is 0. The number of amides is 1. The number of hydrogen-bond donors (Lipinski definition) is 2. The maximum absolute atomic E-state index is 13.4. The van der Waals surface area contributed by atoms with Crippen LogP contribution in [0.3, 0.4) is 0 Å². The second kappa shape index (κ2) is 5.20. The van der Waals surface area contributed by atoms with Crippen LogP contribution < -0.4 is 11.1 Å². The Morgan fingerprint density at radius 1 is 0.950 bits per heavy atom. The Morgan fingerprint density at radius 3 is 2.15 bits per heavy atom. The van der Waals surface area contributed by atoms with Crippen molar-refractivity contribution in [3.8, 4) is 0 Å². The topological polar surface area (TPSA) is 55.1 Å². The molecular formula is C13H8F4N2O. The Balaban J connectivity index is 2.35. The highest BCUT2D eigenvalue weighted by Gasteiger charge is 2.18. The molecule has 0 bridgehead atoms. The number of halogens is 4. The van der Waals surface area contributed by atoms with Crippen molar-refractivity contribution in [3.05, 3.63) is 59.2 Å². The van der Waals surface area contributed by atoms with Crippen molar-refractivity contribution >= 4 is 17.3 Å². The van der Waals surface area contributed by atoms with E-state index in [-0.39, 0.29) is 5.69 Å². The fraction of sp³-hybridized carbons (Fsp3) is 0. The van der Waals surface area contributed by atoms with Gasteiger partial charge in [-0.2, -0.15) is 0 Å². The molecule has 0 aliphatic rings. The van der Waals surface area contributed by atoms with E-state index >= 15 is 0 Å². The molecule has 2 rings (SSSR count). The lowest BCUT2D eigenvalue weighted by Gasteiger charge is -2.09. The maximum Gasteiger partial charge on any atom is 0.258 e. The molecule has 0 radical (unpaired) electrons. The first-order valence-electron chi connectivity index (χ1n) is 5.39. The van der Waals surface area contributed by atoms with Gasteiger partial charge in [0.25, 0.3) is 5.91 Å². The van der Waals surface area contributed by atoms with Gasteiger partial charge in [0, 0.05) is 17.8 Å². The Bertz CT molecular complexity index is 665. The summed E-state index contributed by atoms with van der Waals surface area (Å²) in [6, 6.07) is 3.99. The Kier molecular flexibility index (Phi) is 3.60. The molecule has 0 unspecified atom stereocenters. The second-order valence-electron chi connectivity index (χ2n) is 3.94. The third-order valence-corrected chi connectivity index (χ3v) is 2.48. The van der Waals surface area contributed by atoms with Crippen LogP contribution in [0.4, 0.5) is 28.9 Å². The van der Waals surface area contributed by atoms with E-state index in [4.69, 9.17) is 5.73 Å². The van der Waals surface area contributed by atoms with Crippen LogP contribution in [0.25, 0.3) is 0 Å². The standard InChI is InChI=1S/C13H8F4N2O/c14-6-3-10(16)12(11(17)4-6)19-13(20)8-5-7(18)1-2-9(8)15/h1-5H,18H2,(H,19,20). The predicted octanol–water partition coefficient (Wildman–Crippen LogP) is 3.08. The van der Waals surface area contributed by atoms with Crippen LogP contribution in [0, 0.1) is 23.3 Å². The number of nitrogens with one attached hydrogen (secondary N) is 1. The molecule has 2 aromatic carbocycles. The summed E-state index contributed by atoms with van der Waals surface area (Å²) in [5, 5.41) is 1.84. The third-order valence-electron chi connectivity index (χ3n) is 2.48. The van der Waals surface area contributed by atoms with Crippen molar-refractivity contribution in [1.29, 1.82) is 0 Å². The van der Waals surface area contributed by atoms with E-state index in [0.29, 0.717) is 12.1 Å². The van der Waals surface area contributed by atoms with Crippen molar-refractivity contribution < 1.29 is 22.4 Å². The summed E-state index contributed by atoms with van der Waals surface area (Å²) < 4.78 is 52.8. The van der Waals surface area contributed by atoms with Crippen LogP contribution in [-0.4, -0.2) is 5.91 Å². The minimum atomic E-state index is -1.31. The minimum absolute atomic E-state index is 0.108. The molecule has 104 valence electrons. The van der Waals surface area contributed by atoms with Crippen molar-refractivity contribution in [2.45, 2.75) is 0 Å². The molecule has 0 saturated carbocycles. The minimum Gasteiger partial charge on any atom is -0.399 e. The summed E-state index contributed by atoms with van der Waals surface area (Å²) in [5.41, 5.74) is 4.16. The monoisotopic (exact) mass is 284 g/mol. The van der Waals surface area contributed by atoms with E-state index in [1.54, 1.807) is 0 Å². The molecular weight excluding hydrogens is 276 g/mol. The van der Waals surface area contributed by atoms with Gasteiger partial charge in [-0.15, -0.1) is 0 Å². The number of nitrogen functional groups attached to an aromatic ring is 1. The lowest BCUT2D eigenvalue weighted by molar-refractivity contribution is 0.102. The molecule has 0 atom stereocenters. The van der Waals surface area contributed by atoms with Crippen LogP contribution in [0.1, 0.15) is 10.4 Å². The molecule has 3 N–H and O–H groups in total. The molecule has 0 fully saturated rings. The molecule has 3 nitrogen and oxygen atoms in total. The van der Waals surface area contributed by atoms with Gasteiger partial charge in [0.2, 0.25) is 0 Å². The fourth-order valence-corrected chi connectivity index (χ4v) is 1.56. The van der Waals surface area contributed by atoms with Crippen molar-refractivity contribution in [3.63, 3.8) is 0 Å². The average Bonchev–Trinajstić information content (AvgIpc) is 2.36. The molecule has 0 aliphatic carbocycles. The summed E-state index contributed by atoms with van der Waals surface area (Å²) in [4.78, 5) is 11.7. The highest BCUT2D eigenvalue weighted by atomic mass is 19.1. The van der Waals surface area contributed by atoms with Crippen LogP contribution in [-0.2, 0) is 0 Å². The maximum atomic E-state index is 13.4. The Hall–Kier alpha value is -2.57. The lowest BCUT2D eigenvalue weighted by atomic mass is 10.1. The highest BCUT2D eigenvalue weighted by molar-refractivity contribution is 6.05. The zero-order valence-corrected chi connectivity index (χ0v) is 9.88. The molecule has 2 aromatic rings. The Morgan fingerprint density at radius 2 is 1.55 bits per heavy atom. The summed E-state index contributed by atoms with van der Waals surface area (Å²) in [7, 11) is 0. The number of hydrogen-bond acceptors (Lipinski definition) is 2. The molecule has 0 aliphatic heterocycles. The molecule has 0 heterocycles. The third kappa shape index (κ3) is 2.71.